The van der Waals surface area contributed by atoms with Gasteiger partial charge in [-0.05, 0) is 19.1 Å². The molecule has 2 rings (SSSR count). The zero-order valence-electron chi connectivity index (χ0n) is 12.4. The van der Waals surface area contributed by atoms with E-state index in [0.29, 0.717) is 17.1 Å². The van der Waals surface area contributed by atoms with E-state index in [2.05, 4.69) is 15.4 Å². The van der Waals surface area contributed by atoms with Crippen LogP contribution in [0.3, 0.4) is 0 Å². The van der Waals surface area contributed by atoms with Crippen LogP contribution in [0, 0.1) is 0 Å². The molecule has 0 radical (unpaired) electrons. The van der Waals surface area contributed by atoms with Crippen LogP contribution in [0.15, 0.2) is 18.2 Å². The van der Waals surface area contributed by atoms with Gasteiger partial charge >= 0.3 is 0 Å². The lowest BCUT2D eigenvalue weighted by Gasteiger charge is -2.14. The first-order valence-corrected chi connectivity index (χ1v) is 9.56. The maximum atomic E-state index is 12.0. The fourth-order valence-corrected chi connectivity index (χ4v) is 3.48. The summed E-state index contributed by atoms with van der Waals surface area (Å²) < 4.78 is 30.9. The summed E-state index contributed by atoms with van der Waals surface area (Å²) in [5.41, 5.74) is 0.900. The molecule has 0 bridgehead atoms. The van der Waals surface area contributed by atoms with Crippen LogP contribution in [0.25, 0.3) is 0 Å². The first-order chi connectivity index (χ1) is 10.4. The Morgan fingerprint density at radius 2 is 2.27 bits per heavy atom. The molecule has 22 heavy (non-hydrogen) atoms. The zero-order chi connectivity index (χ0) is 16.2. The molecule has 1 saturated heterocycles. The minimum absolute atomic E-state index is 0.0281. The van der Waals surface area contributed by atoms with Crippen LogP contribution in [0.1, 0.15) is 6.92 Å². The number of methoxy groups -OCH3 is 1. The molecule has 7 nitrogen and oxygen atoms in total. The Morgan fingerprint density at radius 1 is 1.50 bits per heavy atom. The van der Waals surface area contributed by atoms with Crippen LogP contribution in [-0.2, 0) is 14.8 Å². The van der Waals surface area contributed by atoms with Crippen molar-refractivity contribution in [3.05, 3.63) is 18.2 Å². The number of sulfonamides is 1. The van der Waals surface area contributed by atoms with Crippen LogP contribution in [0.4, 0.5) is 11.4 Å². The number of carbonyl (C=O) groups excluding carboxylic acids is 1. The van der Waals surface area contributed by atoms with E-state index >= 15 is 0 Å². The van der Waals surface area contributed by atoms with Gasteiger partial charge in [0.1, 0.15) is 5.75 Å². The zero-order valence-corrected chi connectivity index (χ0v) is 14.0. The van der Waals surface area contributed by atoms with E-state index in [1.54, 1.807) is 36.9 Å². The highest BCUT2D eigenvalue weighted by molar-refractivity contribution is 7.99. The van der Waals surface area contributed by atoms with Gasteiger partial charge < -0.3 is 10.1 Å². The molecule has 1 amide bonds. The normalized spacial score (nSPS) is 18.0. The molecule has 1 aromatic carbocycles. The number of thioether (sulfide) groups is 1. The lowest BCUT2D eigenvalue weighted by atomic mass is 10.2. The molecule has 1 atom stereocenters. The fraction of sp³-hybridized carbons (Fsp3) is 0.462. The van der Waals surface area contributed by atoms with Crippen LogP contribution < -0.4 is 20.1 Å². The van der Waals surface area contributed by atoms with E-state index in [0.717, 1.165) is 11.6 Å². The standard InChI is InChI=1S/C13H19N3O4S2/c1-3-22(18,19)16-10-5-4-9(6-12(10)20-2)15-13(17)11-7-21-8-14-11/h4-6,11,14,16H,3,7-8H2,1-2H3,(H,15,17). The molecule has 3 N–H and O–H groups in total. The molecular formula is C13H19N3O4S2. The van der Waals surface area contributed by atoms with Gasteiger partial charge in [0.2, 0.25) is 15.9 Å². The van der Waals surface area contributed by atoms with Crippen molar-refractivity contribution in [2.24, 2.45) is 0 Å². The summed E-state index contributed by atoms with van der Waals surface area (Å²) in [5.74, 6) is 1.70. The molecule has 1 unspecified atom stereocenters. The van der Waals surface area contributed by atoms with Gasteiger partial charge in [-0.3, -0.25) is 14.8 Å². The number of nitrogens with one attached hydrogen (secondary N) is 3. The number of hydrogen-bond acceptors (Lipinski definition) is 6. The van der Waals surface area contributed by atoms with E-state index in [4.69, 9.17) is 4.74 Å². The Hall–Kier alpha value is -1.45. The van der Waals surface area contributed by atoms with Gasteiger partial charge in [0.15, 0.2) is 0 Å². The summed E-state index contributed by atoms with van der Waals surface area (Å²) in [6.07, 6.45) is 0. The van der Waals surface area contributed by atoms with Crippen molar-refractivity contribution in [1.82, 2.24) is 5.32 Å². The van der Waals surface area contributed by atoms with E-state index < -0.39 is 10.0 Å². The number of carbonyl (C=O) groups is 1. The lowest BCUT2D eigenvalue weighted by molar-refractivity contribution is -0.117. The number of anilines is 2. The highest BCUT2D eigenvalue weighted by Crippen LogP contribution is 2.29. The molecule has 1 aromatic rings. The van der Waals surface area contributed by atoms with Gasteiger partial charge in [-0.1, -0.05) is 0 Å². The van der Waals surface area contributed by atoms with Gasteiger partial charge in [-0.2, -0.15) is 0 Å². The van der Waals surface area contributed by atoms with Gasteiger partial charge in [-0.25, -0.2) is 8.42 Å². The Labute approximate surface area is 134 Å². The van der Waals surface area contributed by atoms with E-state index in [-0.39, 0.29) is 17.7 Å². The number of amides is 1. The highest BCUT2D eigenvalue weighted by Gasteiger charge is 2.22. The predicted molar refractivity (Wildman–Crippen MR) is 89.0 cm³/mol. The number of rotatable bonds is 6. The van der Waals surface area contributed by atoms with Crippen LogP contribution in [-0.4, -0.2) is 44.9 Å². The first kappa shape index (κ1) is 16.9. The second kappa shape index (κ2) is 7.21. The van der Waals surface area contributed by atoms with Crippen molar-refractivity contribution in [3.8, 4) is 5.75 Å². The Morgan fingerprint density at radius 3 is 2.86 bits per heavy atom. The fourth-order valence-electron chi connectivity index (χ4n) is 1.89. The smallest absolute Gasteiger partial charge is 0.242 e. The third-order valence-electron chi connectivity index (χ3n) is 3.15. The van der Waals surface area contributed by atoms with Crippen molar-refractivity contribution in [3.63, 3.8) is 0 Å². The average molecular weight is 345 g/mol. The topological polar surface area (TPSA) is 96.5 Å². The maximum Gasteiger partial charge on any atom is 0.242 e. The molecule has 122 valence electrons. The third kappa shape index (κ3) is 4.28. The summed E-state index contributed by atoms with van der Waals surface area (Å²) in [6, 6.07) is 4.58. The minimum Gasteiger partial charge on any atom is -0.494 e. The second-order valence-corrected chi connectivity index (χ2v) is 7.72. The Bertz CT molecular complexity index is 643. The molecule has 1 aliphatic rings. The maximum absolute atomic E-state index is 12.0. The number of hydrogen-bond donors (Lipinski definition) is 3. The Balaban J connectivity index is 2.12. The average Bonchev–Trinajstić information content (AvgIpc) is 3.03. The molecule has 1 heterocycles. The third-order valence-corrected chi connectivity index (χ3v) is 5.38. The minimum atomic E-state index is -3.38. The summed E-state index contributed by atoms with van der Waals surface area (Å²) in [7, 11) is -1.94. The molecule has 1 aliphatic heterocycles. The van der Waals surface area contributed by atoms with Crippen LogP contribution >= 0.6 is 11.8 Å². The van der Waals surface area contributed by atoms with Gasteiger partial charge in [0.05, 0.1) is 24.6 Å². The molecule has 1 fully saturated rings. The molecule has 0 saturated carbocycles. The quantitative estimate of drug-likeness (QED) is 0.713. The number of benzene rings is 1. The largest absolute Gasteiger partial charge is 0.494 e. The summed E-state index contributed by atoms with van der Waals surface area (Å²) >= 11 is 1.67. The highest BCUT2D eigenvalue weighted by atomic mass is 32.2. The first-order valence-electron chi connectivity index (χ1n) is 6.75. The summed E-state index contributed by atoms with van der Waals surface area (Å²) in [5, 5.41) is 5.87. The molecule has 0 aromatic heterocycles. The molecule has 0 spiro atoms. The second-order valence-electron chi connectivity index (χ2n) is 4.68. The molecule has 9 heteroatoms. The van der Waals surface area contributed by atoms with Gasteiger partial charge in [0, 0.05) is 23.4 Å². The van der Waals surface area contributed by atoms with Crippen molar-refractivity contribution in [2.45, 2.75) is 13.0 Å². The summed E-state index contributed by atoms with van der Waals surface area (Å²) in [6.45, 7) is 1.55. The van der Waals surface area contributed by atoms with E-state index in [1.165, 1.54) is 7.11 Å². The Kier molecular flexibility index (Phi) is 5.54. The predicted octanol–water partition coefficient (Wildman–Crippen LogP) is 1.06. The SMILES string of the molecule is CCS(=O)(=O)Nc1ccc(NC(=O)C2CSCN2)cc1OC. The monoisotopic (exact) mass is 345 g/mol. The van der Waals surface area contributed by atoms with Gasteiger partial charge in [-0.15, -0.1) is 11.8 Å². The van der Waals surface area contributed by atoms with E-state index in [9.17, 15) is 13.2 Å². The van der Waals surface area contributed by atoms with Crippen molar-refractivity contribution >= 4 is 39.1 Å². The van der Waals surface area contributed by atoms with Crippen molar-refractivity contribution in [2.75, 3.05) is 34.5 Å². The van der Waals surface area contributed by atoms with E-state index in [1.807, 2.05) is 0 Å². The lowest BCUT2D eigenvalue weighted by Crippen LogP contribution is -2.37. The number of ether oxygens (including phenoxy) is 1. The molecular weight excluding hydrogens is 326 g/mol. The summed E-state index contributed by atoms with van der Waals surface area (Å²) in [4.78, 5) is 12.0. The van der Waals surface area contributed by atoms with Crippen molar-refractivity contribution in [1.29, 1.82) is 0 Å². The van der Waals surface area contributed by atoms with Crippen molar-refractivity contribution < 1.29 is 17.9 Å². The molecule has 0 aliphatic carbocycles. The van der Waals surface area contributed by atoms with Gasteiger partial charge in [0.25, 0.3) is 0 Å². The van der Waals surface area contributed by atoms with Crippen LogP contribution in [0.2, 0.25) is 0 Å². The van der Waals surface area contributed by atoms with Crippen LogP contribution in [0.5, 0.6) is 5.75 Å².